The van der Waals surface area contributed by atoms with Crippen LogP contribution in [-0.4, -0.2) is 10.2 Å². The second-order valence-corrected chi connectivity index (χ2v) is 5.05. The molecule has 0 aromatic heterocycles. The Bertz CT molecular complexity index is 83.8. The molecule has 0 aliphatic heterocycles. The Kier molecular flexibility index (Phi) is 8.91. The summed E-state index contributed by atoms with van der Waals surface area (Å²) in [6.07, 6.45) is 7.41. The van der Waals surface area contributed by atoms with Crippen molar-refractivity contribution in [3.63, 3.8) is 0 Å². The second kappa shape index (κ2) is 8.37. The lowest BCUT2D eigenvalue weighted by atomic mass is 10.1. The number of hydrogen-bond donors (Lipinski definition) is 0. The number of halogens is 2. The van der Waals surface area contributed by atoms with Crippen molar-refractivity contribution in [1.82, 2.24) is 0 Å². The van der Waals surface area contributed by atoms with Gasteiger partial charge in [0.25, 0.3) is 0 Å². The molecule has 0 fully saturated rings. The maximum atomic E-state index is 6.20. The maximum Gasteiger partial charge on any atom is 0.0461 e. The molecule has 0 saturated carbocycles. The summed E-state index contributed by atoms with van der Waals surface area (Å²) in [7, 11) is 0. The fourth-order valence-corrected chi connectivity index (χ4v) is 2.03. The van der Waals surface area contributed by atoms with Crippen LogP contribution in [0.15, 0.2) is 0 Å². The first-order valence-electron chi connectivity index (χ1n) is 5.00. The van der Waals surface area contributed by atoms with E-state index in [4.69, 9.17) is 11.6 Å². The number of hydrogen-bond acceptors (Lipinski definition) is 0. The minimum atomic E-state index is 0.330. The highest BCUT2D eigenvalue weighted by molar-refractivity contribution is 9.09. The molecule has 0 aliphatic rings. The van der Waals surface area contributed by atoms with E-state index in [-0.39, 0.29) is 0 Å². The Labute approximate surface area is 90.2 Å². The third kappa shape index (κ3) is 6.30. The molecule has 12 heavy (non-hydrogen) atoms. The molecule has 0 heterocycles. The minimum absolute atomic E-state index is 0.330. The van der Waals surface area contributed by atoms with Crippen molar-refractivity contribution in [2.45, 2.75) is 62.6 Å². The van der Waals surface area contributed by atoms with Gasteiger partial charge >= 0.3 is 0 Å². The van der Waals surface area contributed by atoms with E-state index in [1.54, 1.807) is 0 Å². The van der Waals surface area contributed by atoms with Crippen molar-refractivity contribution in [1.29, 1.82) is 0 Å². The molecule has 0 rings (SSSR count). The van der Waals surface area contributed by atoms with Crippen molar-refractivity contribution in [2.24, 2.45) is 0 Å². The van der Waals surface area contributed by atoms with Crippen LogP contribution in [0.25, 0.3) is 0 Å². The molecule has 0 N–H and O–H groups in total. The summed E-state index contributed by atoms with van der Waals surface area (Å²) in [6, 6.07) is 0. The molecule has 0 radical (unpaired) electrons. The van der Waals surface area contributed by atoms with E-state index in [1.165, 1.54) is 32.1 Å². The van der Waals surface area contributed by atoms with Crippen LogP contribution in [0, 0.1) is 0 Å². The lowest BCUT2D eigenvalue weighted by Crippen LogP contribution is -2.14. The first-order valence-corrected chi connectivity index (χ1v) is 6.35. The van der Waals surface area contributed by atoms with Crippen LogP contribution in [0.4, 0.5) is 0 Å². The van der Waals surface area contributed by atoms with Crippen LogP contribution in [0.5, 0.6) is 0 Å². The zero-order valence-corrected chi connectivity index (χ0v) is 10.5. The highest BCUT2D eigenvalue weighted by Crippen LogP contribution is 2.22. The summed E-state index contributed by atoms with van der Waals surface area (Å²) in [6.45, 7) is 4.42. The van der Waals surface area contributed by atoms with Gasteiger partial charge in [-0.2, -0.15) is 0 Å². The van der Waals surface area contributed by atoms with Gasteiger partial charge in [-0.25, -0.2) is 0 Å². The van der Waals surface area contributed by atoms with Gasteiger partial charge in [0.15, 0.2) is 0 Å². The van der Waals surface area contributed by atoms with Crippen molar-refractivity contribution < 1.29 is 0 Å². The van der Waals surface area contributed by atoms with E-state index in [0.29, 0.717) is 10.2 Å². The maximum absolute atomic E-state index is 6.20. The van der Waals surface area contributed by atoms with Gasteiger partial charge in [-0.05, 0) is 12.8 Å². The highest BCUT2D eigenvalue weighted by atomic mass is 79.9. The molecule has 0 saturated heterocycles. The molecule has 0 nitrogen and oxygen atoms in total. The van der Waals surface area contributed by atoms with Gasteiger partial charge in [0, 0.05) is 10.2 Å². The van der Waals surface area contributed by atoms with Crippen LogP contribution in [-0.2, 0) is 0 Å². The van der Waals surface area contributed by atoms with E-state index in [2.05, 4.69) is 29.8 Å². The van der Waals surface area contributed by atoms with Gasteiger partial charge in [-0.15, -0.1) is 11.6 Å². The predicted octanol–water partition coefficient (Wildman–Crippen LogP) is 4.74. The van der Waals surface area contributed by atoms with Gasteiger partial charge in [0.2, 0.25) is 0 Å². The average molecular weight is 256 g/mol. The van der Waals surface area contributed by atoms with Crippen molar-refractivity contribution >= 4 is 27.5 Å². The Morgan fingerprint density at radius 2 is 1.58 bits per heavy atom. The Hall–Kier alpha value is 0.770. The third-order valence-corrected chi connectivity index (χ3v) is 3.98. The fraction of sp³-hybridized carbons (Fsp3) is 1.00. The molecule has 74 valence electrons. The Morgan fingerprint density at radius 3 is 2.08 bits per heavy atom. The van der Waals surface area contributed by atoms with E-state index in [0.717, 1.165) is 6.42 Å². The Balaban J connectivity index is 3.39. The molecule has 0 bridgehead atoms. The van der Waals surface area contributed by atoms with E-state index in [9.17, 15) is 0 Å². The topological polar surface area (TPSA) is 0 Å². The van der Waals surface area contributed by atoms with Gasteiger partial charge in [-0.1, -0.05) is 55.5 Å². The molecular formula is C10H20BrCl. The first-order chi connectivity index (χ1) is 5.72. The molecule has 2 heteroatoms. The van der Waals surface area contributed by atoms with Gasteiger partial charge in [0.05, 0.1) is 0 Å². The molecule has 0 aromatic carbocycles. The van der Waals surface area contributed by atoms with Crippen molar-refractivity contribution in [3.05, 3.63) is 0 Å². The minimum Gasteiger partial charge on any atom is -0.122 e. The number of rotatable bonds is 7. The van der Waals surface area contributed by atoms with E-state index >= 15 is 0 Å². The van der Waals surface area contributed by atoms with Crippen LogP contribution in [0.2, 0.25) is 0 Å². The van der Waals surface area contributed by atoms with Crippen LogP contribution >= 0.6 is 27.5 Å². The SMILES string of the molecule is CCCC[C@@H](Cl)[C@H](Br)CCCC. The first kappa shape index (κ1) is 12.8. The standard InChI is InChI=1S/C10H20BrCl/c1-3-5-7-9(11)10(12)8-6-4-2/h9-10H,3-8H2,1-2H3/t9-,10-/m1/s1. The second-order valence-electron chi connectivity index (χ2n) is 3.32. The molecular weight excluding hydrogens is 235 g/mol. The smallest absolute Gasteiger partial charge is 0.0461 e. The lowest BCUT2D eigenvalue weighted by Gasteiger charge is -2.15. The fourth-order valence-electron chi connectivity index (χ4n) is 1.16. The summed E-state index contributed by atoms with van der Waals surface area (Å²) in [5.74, 6) is 0. The zero-order chi connectivity index (χ0) is 9.40. The number of unbranched alkanes of at least 4 members (excludes halogenated alkanes) is 2. The van der Waals surface area contributed by atoms with E-state index < -0.39 is 0 Å². The third-order valence-electron chi connectivity index (χ3n) is 2.06. The zero-order valence-electron chi connectivity index (χ0n) is 8.15. The molecule has 0 amide bonds. The van der Waals surface area contributed by atoms with Gasteiger partial charge in [0.1, 0.15) is 0 Å². The molecule has 2 atom stereocenters. The van der Waals surface area contributed by atoms with Gasteiger partial charge in [-0.3, -0.25) is 0 Å². The monoisotopic (exact) mass is 254 g/mol. The molecule has 0 spiro atoms. The average Bonchev–Trinajstić information content (AvgIpc) is 2.10. The number of alkyl halides is 2. The largest absolute Gasteiger partial charge is 0.122 e. The summed E-state index contributed by atoms with van der Waals surface area (Å²) < 4.78 is 0. The molecule has 0 unspecified atom stereocenters. The quantitative estimate of drug-likeness (QED) is 0.577. The van der Waals surface area contributed by atoms with Crippen LogP contribution < -0.4 is 0 Å². The Morgan fingerprint density at radius 1 is 1.08 bits per heavy atom. The van der Waals surface area contributed by atoms with Crippen molar-refractivity contribution in [2.75, 3.05) is 0 Å². The van der Waals surface area contributed by atoms with Crippen LogP contribution in [0.3, 0.4) is 0 Å². The molecule has 0 aliphatic carbocycles. The van der Waals surface area contributed by atoms with E-state index in [1.807, 2.05) is 0 Å². The van der Waals surface area contributed by atoms with Crippen molar-refractivity contribution in [3.8, 4) is 0 Å². The highest BCUT2D eigenvalue weighted by Gasteiger charge is 2.14. The summed E-state index contributed by atoms with van der Waals surface area (Å²) in [5, 5.41) is 0.330. The van der Waals surface area contributed by atoms with Crippen LogP contribution in [0.1, 0.15) is 52.4 Å². The summed E-state index contributed by atoms with van der Waals surface area (Å²) >= 11 is 9.84. The molecule has 0 aromatic rings. The summed E-state index contributed by atoms with van der Waals surface area (Å²) in [4.78, 5) is 0.519. The van der Waals surface area contributed by atoms with Gasteiger partial charge < -0.3 is 0 Å². The predicted molar refractivity (Wildman–Crippen MR) is 61.4 cm³/mol. The normalized spacial score (nSPS) is 16.0. The lowest BCUT2D eigenvalue weighted by molar-refractivity contribution is 0.609. The summed E-state index contributed by atoms with van der Waals surface area (Å²) in [5.41, 5.74) is 0.